The van der Waals surface area contributed by atoms with E-state index in [-0.39, 0.29) is 5.41 Å². The topological polar surface area (TPSA) is 41.6 Å². The largest absolute Gasteiger partial charge is 0.417 e. The van der Waals surface area contributed by atoms with Crippen molar-refractivity contribution in [2.24, 2.45) is 0 Å². The Hall–Kier alpha value is -2.14. The normalized spacial score (nSPS) is 24.0. The lowest BCUT2D eigenvalue weighted by molar-refractivity contribution is 0.215. The number of carbonyl (C=O) groups excluding carboxylic acids is 1. The predicted molar refractivity (Wildman–Crippen MR) is 104 cm³/mol. The molecule has 2 aromatic rings. The Morgan fingerprint density at radius 1 is 1.32 bits per heavy atom. The van der Waals surface area contributed by atoms with Crippen molar-refractivity contribution in [3.05, 3.63) is 53.6 Å². The van der Waals surface area contributed by atoms with Gasteiger partial charge < -0.3 is 9.64 Å². The van der Waals surface area contributed by atoms with Crippen molar-refractivity contribution in [3.8, 4) is 5.75 Å². The molecule has 0 radical (unpaired) electrons. The monoisotopic (exact) mass is 354 g/mol. The highest BCUT2D eigenvalue weighted by molar-refractivity contribution is 8.00. The Kier molecular flexibility index (Phi) is 3.91. The van der Waals surface area contributed by atoms with Gasteiger partial charge in [0.2, 0.25) is 0 Å². The summed E-state index contributed by atoms with van der Waals surface area (Å²) < 4.78 is 5.55. The van der Waals surface area contributed by atoms with Crippen LogP contribution in [0, 0.1) is 6.92 Å². The zero-order chi connectivity index (χ0) is 17.6. The number of likely N-dealkylation sites (N-methyl/N-ethyl adjacent to an activating group) is 1. The molecule has 0 aliphatic carbocycles. The second kappa shape index (κ2) is 5.99. The average Bonchev–Trinajstić information content (AvgIpc) is 3.07. The van der Waals surface area contributed by atoms with Gasteiger partial charge in [0.1, 0.15) is 5.75 Å². The van der Waals surface area contributed by atoms with E-state index >= 15 is 0 Å². The lowest BCUT2D eigenvalue weighted by atomic mass is 9.82. The first-order valence-corrected chi connectivity index (χ1v) is 9.57. The molecule has 1 unspecified atom stereocenters. The summed E-state index contributed by atoms with van der Waals surface area (Å²) in [6, 6.07) is 13.6. The van der Waals surface area contributed by atoms with Gasteiger partial charge in [0.05, 0.1) is 5.37 Å². The summed E-state index contributed by atoms with van der Waals surface area (Å²) in [5.74, 6) is 1.76. The number of carbonyl (C=O) groups is 1. The van der Waals surface area contributed by atoms with Gasteiger partial charge in [0, 0.05) is 23.8 Å². The Morgan fingerprint density at radius 3 is 2.92 bits per heavy atom. The summed E-state index contributed by atoms with van der Waals surface area (Å²) >= 11 is 2.01. The zero-order valence-corrected chi connectivity index (χ0v) is 15.5. The van der Waals surface area contributed by atoms with Crippen LogP contribution in [-0.2, 0) is 5.41 Å². The van der Waals surface area contributed by atoms with Crippen molar-refractivity contribution < 1.29 is 9.53 Å². The van der Waals surface area contributed by atoms with Crippen LogP contribution in [-0.4, -0.2) is 24.3 Å². The molecule has 0 aromatic heterocycles. The van der Waals surface area contributed by atoms with Crippen molar-refractivity contribution in [1.82, 2.24) is 0 Å². The smallest absolute Gasteiger partial charge is 0.410 e. The molecule has 1 fully saturated rings. The van der Waals surface area contributed by atoms with Crippen LogP contribution in [0.3, 0.4) is 0 Å². The Bertz CT molecular complexity index is 838. The van der Waals surface area contributed by atoms with Gasteiger partial charge in [-0.1, -0.05) is 25.1 Å². The van der Waals surface area contributed by atoms with E-state index in [0.717, 1.165) is 17.7 Å². The Morgan fingerprint density at radius 2 is 2.12 bits per heavy atom. The Labute approximate surface area is 152 Å². The molecule has 1 saturated heterocycles. The highest BCUT2D eigenvalue weighted by Crippen LogP contribution is 2.55. The van der Waals surface area contributed by atoms with E-state index < -0.39 is 6.09 Å². The molecule has 5 heteroatoms. The van der Waals surface area contributed by atoms with Gasteiger partial charge in [-0.3, -0.25) is 5.32 Å². The molecular weight excluding hydrogens is 332 g/mol. The molecule has 0 spiro atoms. The highest BCUT2D eigenvalue weighted by Gasteiger charge is 2.50. The summed E-state index contributed by atoms with van der Waals surface area (Å²) in [4.78, 5) is 14.6. The molecule has 4 nitrogen and oxygen atoms in total. The van der Waals surface area contributed by atoms with Crippen LogP contribution in [0.15, 0.2) is 42.5 Å². The van der Waals surface area contributed by atoms with E-state index in [2.05, 4.69) is 30.3 Å². The molecule has 0 bridgehead atoms. The van der Waals surface area contributed by atoms with Gasteiger partial charge in [-0.25, -0.2) is 4.79 Å². The summed E-state index contributed by atoms with van der Waals surface area (Å²) in [5, 5.41) is 3.29. The number of ether oxygens (including phenoxy) is 1. The molecule has 2 aromatic carbocycles. The molecular formula is C20H22N2O2S. The van der Waals surface area contributed by atoms with Gasteiger partial charge in [-0.2, -0.15) is 0 Å². The number of nitrogens with one attached hydrogen (secondary N) is 1. The second-order valence-electron chi connectivity index (χ2n) is 7.01. The van der Waals surface area contributed by atoms with Crippen LogP contribution >= 0.6 is 11.8 Å². The molecule has 2 aliphatic rings. The number of para-hydroxylation sites is 1. The molecule has 2 atom stereocenters. The third-order valence-corrected chi connectivity index (χ3v) is 6.94. The lowest BCUT2D eigenvalue weighted by Gasteiger charge is -2.27. The minimum Gasteiger partial charge on any atom is -0.410 e. The Balaban J connectivity index is 1.55. The fraction of sp³-hybridized carbons (Fsp3) is 0.350. The maximum atomic E-state index is 12.3. The van der Waals surface area contributed by atoms with E-state index in [1.165, 1.54) is 17.0 Å². The van der Waals surface area contributed by atoms with Crippen LogP contribution in [0.4, 0.5) is 16.2 Å². The number of anilines is 2. The van der Waals surface area contributed by atoms with Gasteiger partial charge in [-0.05, 0) is 54.5 Å². The van der Waals surface area contributed by atoms with Gasteiger partial charge >= 0.3 is 6.09 Å². The molecule has 130 valence electrons. The fourth-order valence-electron chi connectivity index (χ4n) is 3.92. The number of hydrogen-bond donors (Lipinski definition) is 1. The van der Waals surface area contributed by atoms with Crippen LogP contribution < -0.4 is 15.0 Å². The van der Waals surface area contributed by atoms with Crippen molar-refractivity contribution >= 4 is 29.2 Å². The minimum absolute atomic E-state index is 0.126. The van der Waals surface area contributed by atoms with Gasteiger partial charge in [0.15, 0.2) is 0 Å². The standard InChI is InChI=1S/C20H22N2O2S/c1-13-6-4-5-7-16(13)21-19(23)24-14-8-9-17-15(12-14)20(2)10-11-25-18(20)22(17)3/h4-9,12,18H,10-11H2,1-3H3,(H,21,23)/t18?,20-/m0/s1. The maximum Gasteiger partial charge on any atom is 0.417 e. The average molecular weight is 354 g/mol. The van der Waals surface area contributed by atoms with Crippen molar-refractivity contribution in [3.63, 3.8) is 0 Å². The number of rotatable bonds is 2. The number of aryl methyl sites for hydroxylation is 1. The fourth-order valence-corrected chi connectivity index (χ4v) is 5.64. The lowest BCUT2D eigenvalue weighted by Crippen LogP contribution is -2.34. The van der Waals surface area contributed by atoms with Crippen molar-refractivity contribution in [2.75, 3.05) is 23.0 Å². The number of fused-ring (bicyclic) bond motifs is 3. The first-order chi connectivity index (χ1) is 12.0. The highest BCUT2D eigenvalue weighted by atomic mass is 32.2. The summed E-state index contributed by atoms with van der Waals surface area (Å²) in [6.07, 6.45) is 0.696. The molecule has 0 saturated carbocycles. The molecule has 2 heterocycles. The number of benzene rings is 2. The van der Waals surface area contributed by atoms with E-state index in [1.807, 2.05) is 55.1 Å². The third-order valence-electron chi connectivity index (χ3n) is 5.35. The number of thioether (sulfide) groups is 1. The van der Waals surface area contributed by atoms with E-state index in [4.69, 9.17) is 4.74 Å². The van der Waals surface area contributed by atoms with E-state index in [1.54, 1.807) is 0 Å². The summed E-state index contributed by atoms with van der Waals surface area (Å²) in [5.41, 5.74) is 4.43. The predicted octanol–water partition coefficient (Wildman–Crippen LogP) is 4.78. The van der Waals surface area contributed by atoms with Crippen LogP contribution in [0.2, 0.25) is 0 Å². The first kappa shape index (κ1) is 16.3. The van der Waals surface area contributed by atoms with E-state index in [0.29, 0.717) is 11.1 Å². The van der Waals surface area contributed by atoms with Gasteiger partial charge in [-0.15, -0.1) is 11.8 Å². The number of amides is 1. The molecule has 4 rings (SSSR count). The summed E-state index contributed by atoms with van der Waals surface area (Å²) in [7, 11) is 2.15. The minimum atomic E-state index is -0.455. The first-order valence-electron chi connectivity index (χ1n) is 8.52. The summed E-state index contributed by atoms with van der Waals surface area (Å²) in [6.45, 7) is 4.27. The molecule has 1 amide bonds. The third kappa shape index (κ3) is 2.67. The van der Waals surface area contributed by atoms with Crippen LogP contribution in [0.25, 0.3) is 0 Å². The van der Waals surface area contributed by atoms with E-state index in [9.17, 15) is 4.79 Å². The van der Waals surface area contributed by atoms with Gasteiger partial charge in [0.25, 0.3) is 0 Å². The van der Waals surface area contributed by atoms with Crippen LogP contribution in [0.5, 0.6) is 5.75 Å². The molecule has 2 aliphatic heterocycles. The maximum absolute atomic E-state index is 12.3. The number of nitrogens with zero attached hydrogens (tertiary/aromatic N) is 1. The zero-order valence-electron chi connectivity index (χ0n) is 14.7. The molecule has 25 heavy (non-hydrogen) atoms. The number of hydrogen-bond acceptors (Lipinski definition) is 4. The second-order valence-corrected chi connectivity index (χ2v) is 8.20. The van der Waals surface area contributed by atoms with Crippen molar-refractivity contribution in [2.45, 2.75) is 31.1 Å². The quantitative estimate of drug-likeness (QED) is 0.843. The van der Waals surface area contributed by atoms with Crippen molar-refractivity contribution in [1.29, 1.82) is 0 Å². The SMILES string of the molecule is Cc1ccccc1NC(=O)Oc1ccc2c(c1)[C@]1(C)CCSC1N2C. The molecule has 1 N–H and O–H groups in total. The van der Waals surface area contributed by atoms with Crippen LogP contribution in [0.1, 0.15) is 24.5 Å².